The van der Waals surface area contributed by atoms with Crippen LogP contribution in [0.2, 0.25) is 0 Å². The molecule has 0 amide bonds. The lowest BCUT2D eigenvalue weighted by molar-refractivity contribution is -0.314. The van der Waals surface area contributed by atoms with Crippen molar-refractivity contribution < 1.29 is 33.7 Å². The van der Waals surface area contributed by atoms with Crippen molar-refractivity contribution in [1.82, 2.24) is 9.88 Å². The van der Waals surface area contributed by atoms with Gasteiger partial charge in [0.05, 0.1) is 17.2 Å². The molecule has 11 heteroatoms. The number of carbonyl (C=O) groups is 3. The second-order valence-electron chi connectivity index (χ2n) is 8.21. The largest absolute Gasteiger partial charge is 0.546 e. The Labute approximate surface area is 187 Å². The number of esters is 1. The van der Waals surface area contributed by atoms with Crippen molar-refractivity contribution in [3.63, 3.8) is 0 Å². The molecule has 0 bridgehead atoms. The molecule has 2 aromatic rings. The van der Waals surface area contributed by atoms with Gasteiger partial charge in [-0.15, -0.1) is 0 Å². The second-order valence-corrected chi connectivity index (χ2v) is 8.21. The minimum absolute atomic E-state index is 0.137. The van der Waals surface area contributed by atoms with E-state index in [1.54, 1.807) is 6.07 Å². The van der Waals surface area contributed by atoms with Crippen LogP contribution in [0, 0.1) is 5.82 Å². The van der Waals surface area contributed by atoms with E-state index in [9.17, 15) is 33.8 Å². The number of aliphatic carboxylic acids is 1. The van der Waals surface area contributed by atoms with Gasteiger partial charge in [0, 0.05) is 56.6 Å². The topological polar surface area (TPSA) is 141 Å². The summed E-state index contributed by atoms with van der Waals surface area (Å²) < 4.78 is 20.8. The van der Waals surface area contributed by atoms with Crippen LogP contribution in [0.4, 0.5) is 10.1 Å². The number of carbonyl (C=O) groups excluding carboxylic acids is 2. The first kappa shape index (κ1) is 22.7. The van der Waals surface area contributed by atoms with Crippen LogP contribution in [0.5, 0.6) is 0 Å². The SMILES string of the molecule is O=C(O)c1cn(C2CC2)c2cc(N3CCNCC3)c(F)cc2c1=O.O=C1CC[C@H](C(=O)[O-])O1. The maximum atomic E-state index is 14.6. The van der Waals surface area contributed by atoms with E-state index < -0.39 is 35.3 Å². The number of ether oxygens (including phenoxy) is 1. The van der Waals surface area contributed by atoms with Crippen LogP contribution in [0.15, 0.2) is 23.1 Å². The van der Waals surface area contributed by atoms with Crippen LogP contribution in [0.3, 0.4) is 0 Å². The highest BCUT2D eigenvalue weighted by molar-refractivity contribution is 5.93. The summed E-state index contributed by atoms with van der Waals surface area (Å²) >= 11 is 0. The molecule has 2 N–H and O–H groups in total. The Balaban J connectivity index is 0.000000243. The molecule has 2 saturated heterocycles. The molecule has 176 valence electrons. The molecule has 0 spiro atoms. The molecule has 0 radical (unpaired) electrons. The number of nitrogens with zero attached hydrogens (tertiary/aromatic N) is 2. The van der Waals surface area contributed by atoms with Gasteiger partial charge in [0.1, 0.15) is 17.5 Å². The Bertz CT molecular complexity index is 1170. The number of aromatic nitrogens is 1. The molecule has 1 aliphatic carbocycles. The first-order valence-corrected chi connectivity index (χ1v) is 10.7. The van der Waals surface area contributed by atoms with Gasteiger partial charge in [0.25, 0.3) is 0 Å². The molecule has 0 unspecified atom stereocenters. The van der Waals surface area contributed by atoms with E-state index in [-0.39, 0.29) is 29.8 Å². The van der Waals surface area contributed by atoms with E-state index >= 15 is 0 Å². The summed E-state index contributed by atoms with van der Waals surface area (Å²) in [5.41, 5.74) is 0.159. The lowest BCUT2D eigenvalue weighted by atomic mass is 10.1. The third-order valence-corrected chi connectivity index (χ3v) is 5.88. The van der Waals surface area contributed by atoms with Gasteiger partial charge >= 0.3 is 11.9 Å². The zero-order chi connectivity index (χ0) is 23.7. The number of rotatable bonds is 4. The smallest absolute Gasteiger partial charge is 0.341 e. The number of fused-ring (bicyclic) bond motifs is 1. The number of cyclic esters (lactones) is 1. The quantitative estimate of drug-likeness (QED) is 0.604. The molecule has 1 aromatic carbocycles. The predicted molar refractivity (Wildman–Crippen MR) is 113 cm³/mol. The monoisotopic (exact) mass is 460 g/mol. The first-order chi connectivity index (χ1) is 15.8. The highest BCUT2D eigenvalue weighted by Crippen LogP contribution is 2.38. The fourth-order valence-corrected chi connectivity index (χ4v) is 4.01. The Kier molecular flexibility index (Phi) is 6.32. The number of piperazine rings is 1. The molecule has 10 nitrogen and oxygen atoms in total. The highest BCUT2D eigenvalue weighted by atomic mass is 19.1. The van der Waals surface area contributed by atoms with Crippen molar-refractivity contribution in [2.24, 2.45) is 0 Å². The van der Waals surface area contributed by atoms with E-state index in [1.165, 1.54) is 12.3 Å². The Morgan fingerprint density at radius 1 is 1.15 bits per heavy atom. The Morgan fingerprint density at radius 2 is 1.85 bits per heavy atom. The maximum absolute atomic E-state index is 14.6. The van der Waals surface area contributed by atoms with Crippen LogP contribution >= 0.6 is 0 Å². The average molecular weight is 460 g/mol. The van der Waals surface area contributed by atoms with Crippen LogP contribution in [-0.4, -0.2) is 59.9 Å². The number of benzene rings is 1. The Morgan fingerprint density at radius 3 is 2.36 bits per heavy atom. The molecule has 3 heterocycles. The van der Waals surface area contributed by atoms with Gasteiger partial charge in [-0.1, -0.05) is 0 Å². The van der Waals surface area contributed by atoms with Gasteiger partial charge < -0.3 is 34.5 Å². The van der Waals surface area contributed by atoms with Crippen molar-refractivity contribution in [1.29, 1.82) is 0 Å². The number of carboxylic acids is 2. The van der Waals surface area contributed by atoms with Crippen LogP contribution in [0.25, 0.3) is 10.9 Å². The predicted octanol–water partition coefficient (Wildman–Crippen LogP) is 0.0252. The highest BCUT2D eigenvalue weighted by Gasteiger charge is 2.28. The summed E-state index contributed by atoms with van der Waals surface area (Å²) in [6, 6.07) is 3.08. The van der Waals surface area contributed by atoms with E-state index in [1.807, 2.05) is 9.47 Å². The van der Waals surface area contributed by atoms with Gasteiger partial charge in [-0.05, 0) is 25.0 Å². The average Bonchev–Trinajstić information content (AvgIpc) is 3.54. The molecular formula is C22H23FN3O7-. The number of hydrogen-bond acceptors (Lipinski definition) is 8. The molecule has 1 aromatic heterocycles. The van der Waals surface area contributed by atoms with Gasteiger partial charge in [0.15, 0.2) is 0 Å². The lowest BCUT2D eigenvalue weighted by Gasteiger charge is -2.30. The number of pyridine rings is 1. The normalized spacial score (nSPS) is 20.2. The molecular weight excluding hydrogens is 437 g/mol. The summed E-state index contributed by atoms with van der Waals surface area (Å²) in [4.78, 5) is 45.9. The summed E-state index contributed by atoms with van der Waals surface area (Å²) in [6.07, 6.45) is 2.73. The van der Waals surface area contributed by atoms with Gasteiger partial charge in [0.2, 0.25) is 5.43 Å². The zero-order valence-corrected chi connectivity index (χ0v) is 17.7. The van der Waals surface area contributed by atoms with Crippen molar-refractivity contribution in [3.05, 3.63) is 39.9 Å². The maximum Gasteiger partial charge on any atom is 0.341 e. The fraction of sp³-hybridized carbons (Fsp3) is 0.455. The third-order valence-electron chi connectivity index (χ3n) is 5.88. The second kappa shape index (κ2) is 9.18. The summed E-state index contributed by atoms with van der Waals surface area (Å²) in [7, 11) is 0. The molecule has 1 saturated carbocycles. The first-order valence-electron chi connectivity index (χ1n) is 10.7. The number of hydrogen-bond donors (Lipinski definition) is 2. The summed E-state index contributed by atoms with van der Waals surface area (Å²) in [6.45, 7) is 2.96. The van der Waals surface area contributed by atoms with E-state index in [2.05, 4.69) is 10.1 Å². The van der Waals surface area contributed by atoms with E-state index in [0.29, 0.717) is 24.3 Å². The van der Waals surface area contributed by atoms with Gasteiger partial charge in [-0.3, -0.25) is 9.59 Å². The minimum atomic E-state index is -1.30. The van der Waals surface area contributed by atoms with Crippen molar-refractivity contribution in [3.8, 4) is 0 Å². The van der Waals surface area contributed by atoms with E-state index in [4.69, 9.17) is 0 Å². The van der Waals surface area contributed by atoms with Crippen molar-refractivity contribution in [2.45, 2.75) is 37.8 Å². The van der Waals surface area contributed by atoms with E-state index in [0.717, 1.165) is 25.9 Å². The zero-order valence-electron chi connectivity index (χ0n) is 17.7. The molecule has 33 heavy (non-hydrogen) atoms. The number of aromatic carboxylic acids is 1. The minimum Gasteiger partial charge on any atom is -0.546 e. The molecule has 3 fully saturated rings. The van der Waals surface area contributed by atoms with Crippen LogP contribution in [-0.2, 0) is 14.3 Å². The van der Waals surface area contributed by atoms with Crippen LogP contribution < -0.4 is 20.8 Å². The molecule has 3 aliphatic rings. The van der Waals surface area contributed by atoms with Crippen molar-refractivity contribution in [2.75, 3.05) is 31.1 Å². The third kappa shape index (κ3) is 4.82. The molecule has 2 aliphatic heterocycles. The summed E-state index contributed by atoms with van der Waals surface area (Å²) in [5, 5.41) is 22.6. The lowest BCUT2D eigenvalue weighted by Crippen LogP contribution is -2.43. The Hall–Kier alpha value is -3.47. The fourth-order valence-electron chi connectivity index (χ4n) is 4.01. The van der Waals surface area contributed by atoms with Gasteiger partial charge in [-0.2, -0.15) is 0 Å². The number of nitrogens with one attached hydrogen (secondary N) is 1. The number of carboxylic acid groups (broad SMARTS) is 2. The number of anilines is 1. The number of halogens is 1. The standard InChI is InChI=1S/C17H18FN3O3.C5H6O4/c18-13-7-11-14(8-15(13)20-5-3-19-4-6-20)21(10-1-2-10)9-12(16(11)22)17(23)24;6-4-2-1-3(9-4)5(7)8/h7-10,19H,1-6H2,(H,23,24);3H,1-2H2,(H,7,8)/p-1/t;3-/m.1/s1. The van der Waals surface area contributed by atoms with Gasteiger partial charge in [-0.25, -0.2) is 9.18 Å². The van der Waals surface area contributed by atoms with Crippen LogP contribution in [0.1, 0.15) is 42.1 Å². The van der Waals surface area contributed by atoms with Crippen molar-refractivity contribution >= 4 is 34.5 Å². The molecule has 5 rings (SSSR count). The summed E-state index contributed by atoms with van der Waals surface area (Å²) in [5.74, 6) is -3.51. The molecule has 1 atom stereocenters.